The minimum Gasteiger partial charge on any atom is -0.313 e. The predicted octanol–water partition coefficient (Wildman–Crippen LogP) is 4.58. The highest BCUT2D eigenvalue weighted by Crippen LogP contribution is 2.33. The zero-order valence-corrected chi connectivity index (χ0v) is 12.6. The first-order chi connectivity index (χ1) is 9.10. The summed E-state index contributed by atoms with van der Waals surface area (Å²) in [6, 6.07) is 6.01. The van der Waals surface area contributed by atoms with Crippen molar-refractivity contribution in [2.24, 2.45) is 5.41 Å². The Kier molecular flexibility index (Phi) is 4.86. The second-order valence-corrected chi connectivity index (χ2v) is 6.16. The molecule has 19 heavy (non-hydrogen) atoms. The predicted molar refractivity (Wildman–Crippen MR) is 79.2 cm³/mol. The summed E-state index contributed by atoms with van der Waals surface area (Å²) in [5.41, 5.74) is 0.877. The van der Waals surface area contributed by atoms with Gasteiger partial charge < -0.3 is 5.32 Å². The fraction of sp³-hybridized carbons (Fsp3) is 0.625. The highest BCUT2D eigenvalue weighted by molar-refractivity contribution is 6.30. The molecule has 0 spiro atoms. The summed E-state index contributed by atoms with van der Waals surface area (Å²) < 4.78 is 14.1. The van der Waals surface area contributed by atoms with Crippen molar-refractivity contribution in [1.29, 1.82) is 0 Å². The van der Waals surface area contributed by atoms with Crippen molar-refractivity contribution in [3.05, 3.63) is 34.6 Å². The van der Waals surface area contributed by atoms with E-state index < -0.39 is 0 Å². The molecule has 106 valence electrons. The van der Waals surface area contributed by atoms with Crippen LogP contribution in [0.25, 0.3) is 0 Å². The Morgan fingerprint density at radius 1 is 1.32 bits per heavy atom. The zero-order chi connectivity index (χ0) is 13.9. The van der Waals surface area contributed by atoms with Gasteiger partial charge in [-0.05, 0) is 49.1 Å². The first-order valence-electron chi connectivity index (χ1n) is 7.26. The van der Waals surface area contributed by atoms with Gasteiger partial charge in [0.2, 0.25) is 0 Å². The van der Waals surface area contributed by atoms with Crippen molar-refractivity contribution >= 4 is 11.6 Å². The lowest BCUT2D eigenvalue weighted by molar-refractivity contribution is 0.243. The fourth-order valence-electron chi connectivity index (χ4n) is 2.55. The minimum atomic E-state index is -0.248. The molecule has 0 aliphatic heterocycles. The summed E-state index contributed by atoms with van der Waals surface area (Å²) >= 11 is 5.88. The molecule has 1 nitrogen and oxygen atoms in total. The van der Waals surface area contributed by atoms with E-state index in [0.29, 0.717) is 6.04 Å². The van der Waals surface area contributed by atoms with Crippen LogP contribution >= 0.6 is 11.6 Å². The van der Waals surface area contributed by atoms with E-state index in [2.05, 4.69) is 19.2 Å². The van der Waals surface area contributed by atoms with Crippen LogP contribution in [-0.2, 0) is 6.42 Å². The van der Waals surface area contributed by atoms with E-state index >= 15 is 0 Å². The first-order valence-corrected chi connectivity index (χ1v) is 7.64. The molecular formula is C16H23ClFN. The van der Waals surface area contributed by atoms with Gasteiger partial charge in [-0.2, -0.15) is 0 Å². The highest BCUT2D eigenvalue weighted by Gasteiger charge is 2.31. The molecule has 0 heterocycles. The van der Waals surface area contributed by atoms with Crippen LogP contribution in [0.15, 0.2) is 18.2 Å². The summed E-state index contributed by atoms with van der Waals surface area (Å²) in [7, 11) is 0. The smallest absolute Gasteiger partial charge is 0.144 e. The number of hydrogen-bond acceptors (Lipinski definition) is 1. The maximum absolute atomic E-state index is 14.1. The number of benzene rings is 1. The molecule has 0 radical (unpaired) electrons. The Morgan fingerprint density at radius 3 is 2.58 bits per heavy atom. The topological polar surface area (TPSA) is 12.0 Å². The Labute approximate surface area is 120 Å². The lowest BCUT2D eigenvalue weighted by atomic mass is 9.76. The average molecular weight is 284 g/mol. The molecule has 1 fully saturated rings. The van der Waals surface area contributed by atoms with Gasteiger partial charge in [0.1, 0.15) is 5.82 Å². The van der Waals surface area contributed by atoms with Gasteiger partial charge in [0, 0.05) is 12.6 Å². The Bertz CT molecular complexity index is 425. The second kappa shape index (κ2) is 6.23. The molecule has 0 bridgehead atoms. The van der Waals surface area contributed by atoms with E-state index in [1.807, 2.05) is 12.1 Å². The Hall–Kier alpha value is -0.600. The Morgan fingerprint density at radius 2 is 2.00 bits per heavy atom. The van der Waals surface area contributed by atoms with Gasteiger partial charge in [0.25, 0.3) is 0 Å². The van der Waals surface area contributed by atoms with Gasteiger partial charge in [0.15, 0.2) is 0 Å². The van der Waals surface area contributed by atoms with Crippen molar-refractivity contribution in [1.82, 2.24) is 5.32 Å². The van der Waals surface area contributed by atoms with Gasteiger partial charge >= 0.3 is 0 Å². The third-order valence-corrected chi connectivity index (χ3v) is 4.73. The maximum Gasteiger partial charge on any atom is 0.144 e. The fourth-order valence-corrected chi connectivity index (χ4v) is 2.74. The van der Waals surface area contributed by atoms with Crippen LogP contribution < -0.4 is 5.32 Å². The largest absolute Gasteiger partial charge is 0.313 e. The summed E-state index contributed by atoms with van der Waals surface area (Å²) in [6.45, 7) is 5.36. The van der Waals surface area contributed by atoms with Gasteiger partial charge in [-0.3, -0.25) is 0 Å². The lowest BCUT2D eigenvalue weighted by Crippen LogP contribution is -2.36. The number of rotatable bonds is 7. The van der Waals surface area contributed by atoms with E-state index in [9.17, 15) is 4.39 Å². The SMILES string of the molecule is CCC(CC)(CNC1CC1)Cc1cccc(Cl)c1F. The monoisotopic (exact) mass is 283 g/mol. The van der Waals surface area contributed by atoms with Gasteiger partial charge in [0.05, 0.1) is 5.02 Å². The van der Waals surface area contributed by atoms with Crippen LogP contribution in [0.2, 0.25) is 5.02 Å². The van der Waals surface area contributed by atoms with Crippen molar-refractivity contribution < 1.29 is 4.39 Å². The van der Waals surface area contributed by atoms with Crippen LogP contribution in [0.3, 0.4) is 0 Å². The molecule has 1 saturated carbocycles. The van der Waals surface area contributed by atoms with E-state index in [4.69, 9.17) is 11.6 Å². The molecule has 1 aliphatic carbocycles. The summed E-state index contributed by atoms with van der Waals surface area (Å²) in [5.74, 6) is -0.248. The molecule has 3 heteroatoms. The normalized spacial score (nSPS) is 15.8. The molecule has 0 aromatic heterocycles. The van der Waals surface area contributed by atoms with E-state index in [1.165, 1.54) is 12.8 Å². The van der Waals surface area contributed by atoms with E-state index in [0.717, 1.165) is 31.4 Å². The standard InChI is InChI=1S/C16H23ClFN/c1-3-16(4-2,11-19-13-8-9-13)10-12-6-5-7-14(17)15(12)18/h5-7,13,19H,3-4,8-11H2,1-2H3. The average Bonchev–Trinajstić information content (AvgIpc) is 3.24. The molecule has 2 rings (SSSR count). The van der Waals surface area contributed by atoms with Gasteiger partial charge in [-0.25, -0.2) is 4.39 Å². The number of hydrogen-bond donors (Lipinski definition) is 1. The van der Waals surface area contributed by atoms with Crippen molar-refractivity contribution in [3.8, 4) is 0 Å². The van der Waals surface area contributed by atoms with Gasteiger partial charge in [-0.1, -0.05) is 37.6 Å². The quantitative estimate of drug-likeness (QED) is 0.772. The van der Waals surface area contributed by atoms with Crippen LogP contribution in [-0.4, -0.2) is 12.6 Å². The molecule has 0 atom stereocenters. The molecule has 0 saturated heterocycles. The molecule has 1 aliphatic rings. The van der Waals surface area contributed by atoms with Crippen LogP contribution in [0.4, 0.5) is 4.39 Å². The molecule has 1 N–H and O–H groups in total. The maximum atomic E-state index is 14.1. The van der Waals surface area contributed by atoms with Crippen LogP contribution in [0.5, 0.6) is 0 Å². The summed E-state index contributed by atoms with van der Waals surface area (Å²) in [5, 5.41) is 3.83. The van der Waals surface area contributed by atoms with Crippen molar-refractivity contribution in [2.45, 2.75) is 52.0 Å². The third-order valence-electron chi connectivity index (χ3n) is 4.44. The van der Waals surface area contributed by atoms with E-state index in [1.54, 1.807) is 6.07 Å². The molecule has 1 aromatic carbocycles. The molecule has 1 aromatic rings. The van der Waals surface area contributed by atoms with E-state index in [-0.39, 0.29) is 16.3 Å². The summed E-state index contributed by atoms with van der Waals surface area (Å²) in [6.07, 6.45) is 5.43. The first kappa shape index (κ1) is 14.8. The van der Waals surface area contributed by atoms with Crippen LogP contribution in [0.1, 0.15) is 45.1 Å². The zero-order valence-electron chi connectivity index (χ0n) is 11.8. The molecule has 0 amide bonds. The summed E-state index contributed by atoms with van der Waals surface area (Å²) in [4.78, 5) is 0. The number of halogens is 2. The third kappa shape index (κ3) is 3.70. The van der Waals surface area contributed by atoms with Crippen LogP contribution in [0, 0.1) is 11.2 Å². The Balaban J connectivity index is 2.11. The molecule has 0 unspecified atom stereocenters. The van der Waals surface area contributed by atoms with Gasteiger partial charge in [-0.15, -0.1) is 0 Å². The second-order valence-electron chi connectivity index (χ2n) is 5.75. The lowest BCUT2D eigenvalue weighted by Gasteiger charge is -2.32. The van der Waals surface area contributed by atoms with Crippen molar-refractivity contribution in [3.63, 3.8) is 0 Å². The molecular weight excluding hydrogens is 261 g/mol. The number of nitrogens with one attached hydrogen (secondary N) is 1. The highest BCUT2D eigenvalue weighted by atomic mass is 35.5. The minimum absolute atomic E-state index is 0.133. The van der Waals surface area contributed by atoms with Crippen molar-refractivity contribution in [2.75, 3.05) is 6.54 Å².